The second-order valence-electron chi connectivity index (χ2n) is 11.7. The maximum absolute atomic E-state index is 3.52. The van der Waals surface area contributed by atoms with E-state index in [-0.39, 0.29) is 0 Å². The molecule has 0 amide bonds. The maximum Gasteiger partial charge on any atom is 0.129 e. The van der Waals surface area contributed by atoms with Crippen LogP contribution in [0, 0.1) is 22.9 Å². The fourth-order valence-electron chi connectivity index (χ4n) is 4.57. The summed E-state index contributed by atoms with van der Waals surface area (Å²) < 4.78 is 2.63. The van der Waals surface area contributed by atoms with Crippen molar-refractivity contribution in [3.05, 3.63) is 70.4 Å². The maximum atomic E-state index is 3.52. The largest absolute Gasteiger partial charge is 0.129 e. The summed E-state index contributed by atoms with van der Waals surface area (Å²) in [6, 6.07) is 23.1. The van der Waals surface area contributed by atoms with Crippen LogP contribution in [0.1, 0.15) is 9.75 Å². The van der Waals surface area contributed by atoms with Crippen LogP contribution in [-0.2, 0) is 0 Å². The van der Waals surface area contributed by atoms with E-state index in [1.54, 1.807) is 0 Å². The quantitative estimate of drug-likeness (QED) is 0.104. The third kappa shape index (κ3) is 4.51. The van der Waals surface area contributed by atoms with Crippen LogP contribution >= 0.6 is 22.7 Å². The van der Waals surface area contributed by atoms with Gasteiger partial charge in [0.1, 0.15) is 16.1 Å². The first-order valence-corrected chi connectivity index (χ1v) is 21.0. The van der Waals surface area contributed by atoms with Crippen molar-refractivity contribution in [2.45, 2.75) is 39.3 Å². The highest BCUT2D eigenvalue weighted by Gasteiger charge is 2.12. The Morgan fingerprint density at radius 3 is 1.28 bits per heavy atom. The Labute approximate surface area is 223 Å². The highest BCUT2D eigenvalue weighted by atomic mass is 32.1. The normalized spacial score (nSPS) is 12.3. The molecule has 2 aromatic heterocycles. The van der Waals surface area contributed by atoms with E-state index in [1.807, 2.05) is 22.7 Å². The third-order valence-corrected chi connectivity index (χ3v) is 10.0. The molecule has 0 saturated carbocycles. The zero-order chi connectivity index (χ0) is 25.2. The molecule has 0 aliphatic heterocycles. The molecule has 4 heteroatoms. The molecule has 0 radical (unpaired) electrons. The lowest BCUT2D eigenvalue weighted by Crippen LogP contribution is -2.16. The second kappa shape index (κ2) is 8.33. The second-order valence-corrected chi connectivity index (χ2v) is 23.3. The van der Waals surface area contributed by atoms with E-state index < -0.39 is 16.1 Å². The lowest BCUT2D eigenvalue weighted by Gasteiger charge is -2.08. The van der Waals surface area contributed by atoms with Crippen molar-refractivity contribution in [2.75, 3.05) is 0 Å². The number of rotatable bonds is 0. The van der Waals surface area contributed by atoms with E-state index in [9.17, 15) is 0 Å². The molecule has 0 fully saturated rings. The molecule has 6 aromatic rings. The van der Waals surface area contributed by atoms with Crippen molar-refractivity contribution >= 4 is 91.3 Å². The Kier molecular flexibility index (Phi) is 5.45. The van der Waals surface area contributed by atoms with Crippen LogP contribution in [0.15, 0.2) is 60.7 Å². The van der Waals surface area contributed by atoms with Crippen molar-refractivity contribution in [3.8, 4) is 22.9 Å². The molecule has 0 nitrogen and oxygen atoms in total. The molecular weight excluding hydrogens is 505 g/mol. The molecule has 0 saturated heterocycles. The predicted octanol–water partition coefficient (Wildman–Crippen LogP) is 10.0. The lowest BCUT2D eigenvalue weighted by molar-refractivity contribution is 1.81. The molecule has 0 atom stereocenters. The summed E-state index contributed by atoms with van der Waals surface area (Å²) in [5.74, 6) is 6.90. The molecule has 0 bridgehead atoms. The fourth-order valence-corrected chi connectivity index (χ4v) is 7.64. The van der Waals surface area contributed by atoms with Crippen LogP contribution in [0.25, 0.3) is 52.5 Å². The minimum Gasteiger partial charge on any atom is -0.127 e. The van der Waals surface area contributed by atoms with Gasteiger partial charge in [0.2, 0.25) is 0 Å². The summed E-state index contributed by atoms with van der Waals surface area (Å²) in [6.45, 7) is 13.8. The van der Waals surface area contributed by atoms with Crippen LogP contribution in [0.5, 0.6) is 0 Å². The summed E-state index contributed by atoms with van der Waals surface area (Å²) >= 11 is 3.63. The average Bonchev–Trinajstić information content (AvgIpc) is 3.39. The van der Waals surface area contributed by atoms with E-state index in [2.05, 4.69) is 123 Å². The standard InChI is InChI=1S/C32H28S2Si2/c1-35(2,3)13-11-25-17-23-15-21-7-9-28-27(29(21)19-31(23)33-25)10-8-22-16-24-18-26(12-14-36(4,5)6)34-32(24)20-30(22)28/h7-10,15-20H,1-6H3. The number of hydrogen-bond donors (Lipinski definition) is 0. The van der Waals surface area contributed by atoms with Crippen molar-refractivity contribution < 1.29 is 0 Å². The number of thiophene rings is 2. The van der Waals surface area contributed by atoms with Gasteiger partial charge < -0.3 is 0 Å². The summed E-state index contributed by atoms with van der Waals surface area (Å²) in [5, 5.41) is 10.4. The Morgan fingerprint density at radius 2 is 0.889 bits per heavy atom. The number of fused-ring (bicyclic) bond motifs is 7. The van der Waals surface area contributed by atoms with E-state index in [0.717, 1.165) is 0 Å². The minimum atomic E-state index is -1.39. The molecule has 176 valence electrons. The molecule has 2 heterocycles. The van der Waals surface area contributed by atoms with E-state index in [0.29, 0.717) is 0 Å². The Balaban J connectivity index is 1.53. The van der Waals surface area contributed by atoms with Crippen molar-refractivity contribution in [1.82, 2.24) is 0 Å². The van der Waals surface area contributed by atoms with Gasteiger partial charge in [0.05, 0.1) is 9.75 Å². The Morgan fingerprint density at radius 1 is 0.472 bits per heavy atom. The van der Waals surface area contributed by atoms with Crippen molar-refractivity contribution in [1.29, 1.82) is 0 Å². The molecule has 0 aliphatic rings. The van der Waals surface area contributed by atoms with Crippen molar-refractivity contribution in [2.24, 2.45) is 0 Å². The van der Waals surface area contributed by atoms with Gasteiger partial charge in [0, 0.05) is 9.40 Å². The van der Waals surface area contributed by atoms with Crippen LogP contribution < -0.4 is 0 Å². The monoisotopic (exact) mass is 532 g/mol. The summed E-state index contributed by atoms with van der Waals surface area (Å²) in [6.07, 6.45) is 0. The first-order chi connectivity index (χ1) is 17.0. The topological polar surface area (TPSA) is 0 Å². The first kappa shape index (κ1) is 23.5. The van der Waals surface area contributed by atoms with Gasteiger partial charge in [-0.05, 0) is 79.5 Å². The van der Waals surface area contributed by atoms with E-state index in [4.69, 9.17) is 0 Å². The fraction of sp³-hybridized carbons (Fsp3) is 0.188. The first-order valence-electron chi connectivity index (χ1n) is 12.4. The highest BCUT2D eigenvalue weighted by Crippen LogP contribution is 2.38. The SMILES string of the molecule is C[Si](C)(C)C#Cc1cc2cc3ccc4c5cc6sc(C#C[Si](C)(C)C)cc6cc5ccc4c3cc2s1. The Hall–Kier alpha value is -2.87. The number of hydrogen-bond acceptors (Lipinski definition) is 2. The van der Waals surface area contributed by atoms with E-state index >= 15 is 0 Å². The smallest absolute Gasteiger partial charge is 0.127 e. The van der Waals surface area contributed by atoms with Gasteiger partial charge in [-0.2, -0.15) is 0 Å². The molecule has 0 spiro atoms. The molecule has 36 heavy (non-hydrogen) atoms. The van der Waals surface area contributed by atoms with Gasteiger partial charge in [0.25, 0.3) is 0 Å². The summed E-state index contributed by atoms with van der Waals surface area (Å²) in [4.78, 5) is 2.34. The Bertz CT molecular complexity index is 1820. The van der Waals surface area contributed by atoms with Gasteiger partial charge in [-0.15, -0.1) is 33.8 Å². The molecule has 6 rings (SSSR count). The lowest BCUT2D eigenvalue weighted by atomic mass is 9.96. The van der Waals surface area contributed by atoms with Gasteiger partial charge in [-0.3, -0.25) is 0 Å². The van der Waals surface area contributed by atoms with Crippen molar-refractivity contribution in [3.63, 3.8) is 0 Å². The number of benzene rings is 4. The predicted molar refractivity (Wildman–Crippen MR) is 170 cm³/mol. The molecule has 4 aromatic carbocycles. The van der Waals surface area contributed by atoms with Crippen LogP contribution in [-0.4, -0.2) is 16.1 Å². The molecular formula is C32H28S2Si2. The molecule has 0 N–H and O–H groups in total. The van der Waals surface area contributed by atoms with E-state index in [1.165, 1.54) is 62.2 Å². The van der Waals surface area contributed by atoms with Gasteiger partial charge in [-0.1, -0.05) is 75.4 Å². The summed E-state index contributed by atoms with van der Waals surface area (Å²) in [7, 11) is -2.78. The van der Waals surface area contributed by atoms with Crippen LogP contribution in [0.3, 0.4) is 0 Å². The highest BCUT2D eigenvalue weighted by molar-refractivity contribution is 7.20. The summed E-state index contributed by atoms with van der Waals surface area (Å²) in [5.41, 5.74) is 7.03. The minimum absolute atomic E-state index is 1.17. The van der Waals surface area contributed by atoms with Gasteiger partial charge in [-0.25, -0.2) is 0 Å². The van der Waals surface area contributed by atoms with Gasteiger partial charge >= 0.3 is 0 Å². The zero-order valence-corrected chi connectivity index (χ0v) is 25.2. The van der Waals surface area contributed by atoms with Gasteiger partial charge in [0.15, 0.2) is 0 Å². The van der Waals surface area contributed by atoms with Crippen LogP contribution in [0.4, 0.5) is 0 Å². The molecule has 0 unspecified atom stereocenters. The molecule has 0 aliphatic carbocycles. The zero-order valence-electron chi connectivity index (χ0n) is 21.6. The van der Waals surface area contributed by atoms with Crippen LogP contribution in [0.2, 0.25) is 39.3 Å². The average molecular weight is 533 g/mol. The third-order valence-electron chi connectivity index (χ3n) is 6.23.